The van der Waals surface area contributed by atoms with Crippen LogP contribution in [0.1, 0.15) is 44.6 Å². The molecule has 164 valence electrons. The molecule has 4 rings (SSSR count). The molecular weight excluding hydrogens is 413 g/mol. The van der Waals surface area contributed by atoms with Crippen molar-refractivity contribution in [3.63, 3.8) is 0 Å². The third-order valence-electron chi connectivity index (χ3n) is 6.47. The van der Waals surface area contributed by atoms with Crippen LogP contribution in [0.3, 0.4) is 0 Å². The quantitative estimate of drug-likeness (QED) is 0.701. The number of hydrogen-bond donors (Lipinski definition) is 0. The maximum absolute atomic E-state index is 14.0. The van der Waals surface area contributed by atoms with E-state index in [9.17, 15) is 14.4 Å². The highest BCUT2D eigenvalue weighted by Gasteiger charge is 2.35. The number of anilines is 2. The van der Waals surface area contributed by atoms with Crippen LogP contribution < -0.4 is 9.80 Å². The number of benzene rings is 1. The summed E-state index contributed by atoms with van der Waals surface area (Å²) >= 11 is 1.52. The maximum atomic E-state index is 14.0. The predicted molar refractivity (Wildman–Crippen MR) is 121 cm³/mol. The van der Waals surface area contributed by atoms with E-state index in [4.69, 9.17) is 0 Å². The highest BCUT2D eigenvalue weighted by Crippen LogP contribution is 2.30. The summed E-state index contributed by atoms with van der Waals surface area (Å²) in [5.41, 5.74) is 0.722. The average molecular weight is 442 g/mol. The molecule has 2 aliphatic rings. The molecule has 1 amide bonds. The highest BCUT2D eigenvalue weighted by atomic mass is 32.1. The van der Waals surface area contributed by atoms with Gasteiger partial charge in [-0.15, -0.1) is 11.3 Å². The largest absolute Gasteiger partial charge is 0.368 e. The van der Waals surface area contributed by atoms with Gasteiger partial charge < -0.3 is 4.90 Å². The molecule has 1 atom stereocenters. The Labute approximate surface area is 186 Å². The van der Waals surface area contributed by atoms with E-state index >= 15 is 0 Å². The van der Waals surface area contributed by atoms with Gasteiger partial charge in [-0.2, -0.15) is 5.26 Å². The second kappa shape index (κ2) is 9.75. The normalized spacial score (nSPS) is 19.1. The minimum absolute atomic E-state index is 0.0901. The molecule has 2 aromatic rings. The van der Waals surface area contributed by atoms with E-state index in [2.05, 4.69) is 9.88 Å². The summed E-state index contributed by atoms with van der Waals surface area (Å²) in [6.45, 7) is 4.65. The molecule has 8 heteroatoms. The van der Waals surface area contributed by atoms with Crippen molar-refractivity contribution in [2.24, 2.45) is 0 Å². The van der Waals surface area contributed by atoms with Gasteiger partial charge in [0.15, 0.2) is 5.13 Å². The number of halogens is 1. The summed E-state index contributed by atoms with van der Waals surface area (Å²) in [6.07, 6.45) is 7.37. The Morgan fingerprint density at radius 2 is 2.00 bits per heavy atom. The van der Waals surface area contributed by atoms with Crippen LogP contribution in [0.2, 0.25) is 0 Å². The Morgan fingerprint density at radius 3 is 2.65 bits per heavy atom. The topological polar surface area (TPSA) is 63.5 Å². The van der Waals surface area contributed by atoms with E-state index in [-0.39, 0.29) is 23.6 Å². The third-order valence-corrected chi connectivity index (χ3v) is 7.24. The van der Waals surface area contributed by atoms with Gasteiger partial charge in [0.25, 0.3) is 0 Å². The van der Waals surface area contributed by atoms with E-state index in [0.29, 0.717) is 31.9 Å². The van der Waals surface area contributed by atoms with Crippen LogP contribution in [0.4, 0.5) is 15.2 Å². The number of carbonyl (C=O) groups excluding carboxylic acids is 1. The molecule has 31 heavy (non-hydrogen) atoms. The summed E-state index contributed by atoms with van der Waals surface area (Å²) in [7, 11) is 0. The van der Waals surface area contributed by atoms with E-state index in [1.54, 1.807) is 18.3 Å². The lowest BCUT2D eigenvalue weighted by Gasteiger charge is -2.41. The number of nitriles is 1. The van der Waals surface area contributed by atoms with E-state index in [1.807, 2.05) is 28.2 Å². The van der Waals surface area contributed by atoms with Crippen molar-refractivity contribution in [2.45, 2.75) is 51.1 Å². The zero-order valence-electron chi connectivity index (χ0n) is 17.8. The molecule has 0 bridgehead atoms. The second-order valence-corrected chi connectivity index (χ2v) is 9.13. The number of thiazole rings is 1. The average Bonchev–Trinajstić information content (AvgIpc) is 3.33. The lowest BCUT2D eigenvalue weighted by atomic mass is 9.94. The van der Waals surface area contributed by atoms with Gasteiger partial charge in [0.2, 0.25) is 5.91 Å². The Kier molecular flexibility index (Phi) is 6.83. The highest BCUT2D eigenvalue weighted by molar-refractivity contribution is 7.13. The van der Waals surface area contributed by atoms with Gasteiger partial charge in [-0.05, 0) is 31.9 Å². The Bertz CT molecular complexity index is 930. The smallest absolute Gasteiger partial charge is 0.246 e. The number of hydrogen-bond acceptors (Lipinski definition) is 6. The molecule has 1 aromatic carbocycles. The fraction of sp³-hybridized carbons (Fsp3) is 0.522. The van der Waals surface area contributed by atoms with E-state index in [1.165, 1.54) is 23.8 Å². The van der Waals surface area contributed by atoms with Crippen molar-refractivity contribution in [3.05, 3.63) is 41.2 Å². The van der Waals surface area contributed by atoms with Crippen LogP contribution in [0.15, 0.2) is 29.8 Å². The molecule has 1 saturated carbocycles. The van der Waals surface area contributed by atoms with Crippen molar-refractivity contribution in [1.29, 1.82) is 5.26 Å². The van der Waals surface area contributed by atoms with Gasteiger partial charge in [-0.3, -0.25) is 14.6 Å². The van der Waals surface area contributed by atoms with Gasteiger partial charge in [0.1, 0.15) is 17.4 Å². The Balaban J connectivity index is 1.45. The van der Waals surface area contributed by atoms with Crippen LogP contribution >= 0.6 is 11.3 Å². The zero-order valence-corrected chi connectivity index (χ0v) is 18.7. The van der Waals surface area contributed by atoms with E-state index < -0.39 is 5.82 Å². The van der Waals surface area contributed by atoms with Crippen molar-refractivity contribution >= 4 is 28.1 Å². The second-order valence-electron chi connectivity index (χ2n) is 8.26. The summed E-state index contributed by atoms with van der Waals surface area (Å²) in [4.78, 5) is 24.2. The molecule has 1 unspecified atom stereocenters. The summed E-state index contributed by atoms with van der Waals surface area (Å²) in [5, 5.41) is 12.1. The van der Waals surface area contributed by atoms with Crippen LogP contribution in [0.25, 0.3) is 0 Å². The fourth-order valence-corrected chi connectivity index (χ4v) is 5.42. The number of carbonyl (C=O) groups is 1. The first-order valence-electron chi connectivity index (χ1n) is 11.0. The van der Waals surface area contributed by atoms with Crippen LogP contribution in [-0.2, 0) is 4.79 Å². The van der Waals surface area contributed by atoms with Gasteiger partial charge >= 0.3 is 0 Å². The molecule has 0 spiro atoms. The molecule has 0 N–H and O–H groups in total. The standard InChI is InChI=1S/C23H28FN5OS/c1-17(22(30)29(23-26-10-15-31-23)18-6-3-2-4-7-18)27-11-13-28(14-12-27)21-9-5-8-20(24)19(21)16-25/h5,8-10,15,17-18H,2-4,6-7,11-14H2,1H3. The molecule has 2 heterocycles. The molecule has 0 radical (unpaired) electrons. The van der Waals surface area contributed by atoms with Crippen LogP contribution in [0, 0.1) is 17.1 Å². The first-order chi connectivity index (χ1) is 15.1. The maximum Gasteiger partial charge on any atom is 0.246 e. The number of aromatic nitrogens is 1. The predicted octanol–water partition coefficient (Wildman–Crippen LogP) is 4.03. The number of amides is 1. The van der Waals surface area contributed by atoms with Gasteiger partial charge in [-0.1, -0.05) is 25.3 Å². The molecule has 2 fully saturated rings. The van der Waals surface area contributed by atoms with Gasteiger partial charge in [0.05, 0.1) is 11.7 Å². The Hall–Kier alpha value is -2.50. The SMILES string of the molecule is CC(C(=O)N(c1nccs1)C1CCCCC1)N1CCN(c2cccc(F)c2C#N)CC1. The van der Waals surface area contributed by atoms with Gasteiger partial charge in [0, 0.05) is 43.8 Å². The van der Waals surface area contributed by atoms with Gasteiger partial charge in [-0.25, -0.2) is 9.37 Å². The molecule has 1 saturated heterocycles. The lowest BCUT2D eigenvalue weighted by molar-refractivity contribution is -0.124. The number of piperazine rings is 1. The number of nitrogens with zero attached hydrogens (tertiary/aromatic N) is 5. The van der Waals surface area contributed by atoms with Crippen molar-refractivity contribution < 1.29 is 9.18 Å². The fourth-order valence-electron chi connectivity index (χ4n) is 4.70. The minimum atomic E-state index is -0.488. The lowest BCUT2D eigenvalue weighted by Crippen LogP contribution is -2.56. The van der Waals surface area contributed by atoms with Crippen molar-refractivity contribution in [2.75, 3.05) is 36.0 Å². The molecule has 1 aliphatic carbocycles. The monoisotopic (exact) mass is 441 g/mol. The molecule has 1 aromatic heterocycles. The molecule has 6 nitrogen and oxygen atoms in total. The van der Waals surface area contributed by atoms with Crippen LogP contribution in [-0.4, -0.2) is 54.1 Å². The first kappa shape index (κ1) is 21.7. The van der Waals surface area contributed by atoms with Crippen molar-refractivity contribution in [3.8, 4) is 6.07 Å². The first-order valence-corrected chi connectivity index (χ1v) is 11.9. The van der Waals surface area contributed by atoms with E-state index in [0.717, 1.165) is 30.8 Å². The number of rotatable bonds is 5. The van der Waals surface area contributed by atoms with Crippen LogP contribution in [0.5, 0.6) is 0 Å². The summed E-state index contributed by atoms with van der Waals surface area (Å²) in [6, 6.07) is 6.70. The van der Waals surface area contributed by atoms with Crippen molar-refractivity contribution in [1.82, 2.24) is 9.88 Å². The molecular formula is C23H28FN5OS. The third kappa shape index (κ3) is 4.58. The Morgan fingerprint density at radius 1 is 1.26 bits per heavy atom. The zero-order chi connectivity index (χ0) is 21.8. The molecule has 1 aliphatic heterocycles. The minimum Gasteiger partial charge on any atom is -0.368 e. The summed E-state index contributed by atoms with van der Waals surface area (Å²) in [5.74, 6) is -0.378. The summed E-state index contributed by atoms with van der Waals surface area (Å²) < 4.78 is 14.0.